The standard InChI is InChI=1S/C14H17N3O3/c1-3-5-12-15-10(8-19-12)13-16-14(20-17-13)9-6-7-18-11(9)4-2/h4,8-9,11H,2-3,5-7H2,1H3/t9-,11+/m1/s1. The van der Waals surface area contributed by atoms with Gasteiger partial charge in [-0.05, 0) is 12.8 Å². The van der Waals surface area contributed by atoms with Crippen molar-refractivity contribution in [2.45, 2.75) is 38.2 Å². The molecule has 3 heterocycles. The maximum atomic E-state index is 5.54. The van der Waals surface area contributed by atoms with Gasteiger partial charge in [0.1, 0.15) is 12.0 Å². The predicted molar refractivity (Wildman–Crippen MR) is 71.1 cm³/mol. The first-order valence-corrected chi connectivity index (χ1v) is 6.84. The molecule has 3 rings (SSSR count). The molecule has 0 amide bonds. The topological polar surface area (TPSA) is 74.2 Å². The zero-order valence-corrected chi connectivity index (χ0v) is 11.4. The third-order valence-corrected chi connectivity index (χ3v) is 3.37. The normalized spacial score (nSPS) is 22.2. The van der Waals surface area contributed by atoms with Gasteiger partial charge in [0.25, 0.3) is 0 Å². The average Bonchev–Trinajstić information content (AvgIpc) is 3.18. The van der Waals surface area contributed by atoms with Gasteiger partial charge in [-0.3, -0.25) is 0 Å². The maximum Gasteiger partial charge on any atom is 0.233 e. The molecule has 0 saturated carbocycles. The lowest BCUT2D eigenvalue weighted by molar-refractivity contribution is 0.134. The van der Waals surface area contributed by atoms with Gasteiger partial charge in [0.05, 0.1) is 12.0 Å². The zero-order chi connectivity index (χ0) is 13.9. The molecule has 1 aliphatic rings. The number of ether oxygens (including phenoxy) is 1. The Labute approximate surface area is 116 Å². The van der Waals surface area contributed by atoms with Gasteiger partial charge in [-0.15, -0.1) is 6.58 Å². The molecule has 20 heavy (non-hydrogen) atoms. The van der Waals surface area contributed by atoms with Gasteiger partial charge in [0, 0.05) is 13.0 Å². The molecule has 2 aromatic rings. The largest absolute Gasteiger partial charge is 0.448 e. The van der Waals surface area contributed by atoms with Gasteiger partial charge in [0.15, 0.2) is 5.89 Å². The third kappa shape index (κ3) is 2.38. The highest BCUT2D eigenvalue weighted by Gasteiger charge is 2.32. The smallest absolute Gasteiger partial charge is 0.233 e. The zero-order valence-electron chi connectivity index (χ0n) is 11.4. The van der Waals surface area contributed by atoms with E-state index in [1.54, 1.807) is 12.3 Å². The number of hydrogen-bond acceptors (Lipinski definition) is 6. The second kappa shape index (κ2) is 5.58. The molecule has 6 heteroatoms. The first kappa shape index (κ1) is 13.1. The molecule has 106 valence electrons. The number of hydrogen-bond donors (Lipinski definition) is 0. The van der Waals surface area contributed by atoms with Crippen molar-refractivity contribution in [2.75, 3.05) is 6.61 Å². The Balaban J connectivity index is 1.80. The summed E-state index contributed by atoms with van der Waals surface area (Å²) in [5.41, 5.74) is 0.609. The quantitative estimate of drug-likeness (QED) is 0.781. The van der Waals surface area contributed by atoms with E-state index in [4.69, 9.17) is 13.7 Å². The second-order valence-electron chi connectivity index (χ2n) is 4.80. The SMILES string of the molecule is C=C[C@@H]1OCC[C@H]1c1nc(-c2coc(CCC)n2)no1. The summed E-state index contributed by atoms with van der Waals surface area (Å²) in [4.78, 5) is 8.75. The van der Waals surface area contributed by atoms with Crippen LogP contribution in [0.15, 0.2) is 27.9 Å². The number of rotatable bonds is 5. The summed E-state index contributed by atoms with van der Waals surface area (Å²) in [6.07, 6.45) is 5.93. The molecular formula is C14H17N3O3. The lowest BCUT2D eigenvalue weighted by Gasteiger charge is -2.08. The van der Waals surface area contributed by atoms with E-state index >= 15 is 0 Å². The van der Waals surface area contributed by atoms with Crippen LogP contribution in [0.4, 0.5) is 0 Å². The van der Waals surface area contributed by atoms with Crippen LogP contribution in [0.2, 0.25) is 0 Å². The summed E-state index contributed by atoms with van der Waals surface area (Å²) in [6.45, 7) is 6.52. The van der Waals surface area contributed by atoms with Crippen LogP contribution in [0.3, 0.4) is 0 Å². The van der Waals surface area contributed by atoms with Crippen LogP contribution in [0.1, 0.15) is 37.5 Å². The Morgan fingerprint density at radius 3 is 3.15 bits per heavy atom. The first-order chi connectivity index (χ1) is 9.81. The molecule has 0 radical (unpaired) electrons. The van der Waals surface area contributed by atoms with E-state index in [9.17, 15) is 0 Å². The van der Waals surface area contributed by atoms with Gasteiger partial charge in [-0.2, -0.15) is 4.98 Å². The molecule has 0 bridgehead atoms. The van der Waals surface area contributed by atoms with E-state index in [0.29, 0.717) is 29.9 Å². The van der Waals surface area contributed by atoms with Crippen molar-refractivity contribution >= 4 is 0 Å². The molecule has 0 aliphatic carbocycles. The number of nitrogens with zero attached hydrogens (tertiary/aromatic N) is 3. The summed E-state index contributed by atoms with van der Waals surface area (Å²) in [7, 11) is 0. The van der Waals surface area contributed by atoms with E-state index in [0.717, 1.165) is 19.3 Å². The lowest BCUT2D eigenvalue weighted by atomic mass is 10.0. The van der Waals surface area contributed by atoms with E-state index in [1.165, 1.54) is 0 Å². The van der Waals surface area contributed by atoms with E-state index in [-0.39, 0.29) is 12.0 Å². The van der Waals surface area contributed by atoms with Crippen LogP contribution in [-0.2, 0) is 11.2 Å². The van der Waals surface area contributed by atoms with Gasteiger partial charge in [0.2, 0.25) is 11.7 Å². The predicted octanol–water partition coefficient (Wildman–Crippen LogP) is 2.74. The highest BCUT2D eigenvalue weighted by atomic mass is 16.5. The van der Waals surface area contributed by atoms with Crippen LogP contribution in [0, 0.1) is 0 Å². The maximum absolute atomic E-state index is 5.54. The monoisotopic (exact) mass is 275 g/mol. The Bertz CT molecular complexity index is 590. The summed E-state index contributed by atoms with van der Waals surface area (Å²) in [5, 5.41) is 3.97. The summed E-state index contributed by atoms with van der Waals surface area (Å²) >= 11 is 0. The van der Waals surface area contributed by atoms with Gasteiger partial charge in [-0.1, -0.05) is 18.2 Å². The molecule has 0 N–H and O–H groups in total. The molecule has 6 nitrogen and oxygen atoms in total. The van der Waals surface area contributed by atoms with E-state index in [1.807, 2.05) is 0 Å². The summed E-state index contributed by atoms with van der Waals surface area (Å²) in [5.74, 6) is 1.81. The number of oxazole rings is 1. The highest BCUT2D eigenvalue weighted by Crippen LogP contribution is 2.31. The Kier molecular flexibility index (Phi) is 3.64. The molecule has 0 aromatic carbocycles. The van der Waals surface area contributed by atoms with Crippen LogP contribution in [0.25, 0.3) is 11.5 Å². The van der Waals surface area contributed by atoms with Gasteiger partial charge >= 0.3 is 0 Å². The van der Waals surface area contributed by atoms with E-state index in [2.05, 4.69) is 28.6 Å². The Morgan fingerprint density at radius 1 is 1.45 bits per heavy atom. The molecule has 1 aliphatic heterocycles. The van der Waals surface area contributed by atoms with Crippen LogP contribution in [0.5, 0.6) is 0 Å². The van der Waals surface area contributed by atoms with Gasteiger partial charge in [-0.25, -0.2) is 4.98 Å². The summed E-state index contributed by atoms with van der Waals surface area (Å²) in [6, 6.07) is 0. The minimum Gasteiger partial charge on any atom is -0.448 e. The van der Waals surface area contributed by atoms with Crippen molar-refractivity contribution in [3.63, 3.8) is 0 Å². The van der Waals surface area contributed by atoms with Crippen molar-refractivity contribution in [1.82, 2.24) is 15.1 Å². The fourth-order valence-corrected chi connectivity index (χ4v) is 2.34. The lowest BCUT2D eigenvalue weighted by Crippen LogP contribution is -2.10. The van der Waals surface area contributed by atoms with E-state index < -0.39 is 0 Å². The van der Waals surface area contributed by atoms with Crippen LogP contribution in [-0.4, -0.2) is 27.8 Å². The number of aryl methyl sites for hydroxylation is 1. The molecule has 0 unspecified atom stereocenters. The molecular weight excluding hydrogens is 258 g/mol. The number of aromatic nitrogens is 3. The van der Waals surface area contributed by atoms with Crippen molar-refractivity contribution in [3.8, 4) is 11.5 Å². The Hall–Kier alpha value is -1.95. The van der Waals surface area contributed by atoms with Gasteiger partial charge < -0.3 is 13.7 Å². The molecule has 2 atom stereocenters. The Morgan fingerprint density at radius 2 is 2.35 bits per heavy atom. The van der Waals surface area contributed by atoms with Crippen LogP contribution >= 0.6 is 0 Å². The fourth-order valence-electron chi connectivity index (χ4n) is 2.34. The minimum absolute atomic E-state index is 0.0590. The second-order valence-corrected chi connectivity index (χ2v) is 4.80. The van der Waals surface area contributed by atoms with Crippen LogP contribution < -0.4 is 0 Å². The molecule has 1 fully saturated rings. The molecule has 1 saturated heterocycles. The van der Waals surface area contributed by atoms with Crippen molar-refractivity contribution < 1.29 is 13.7 Å². The molecule has 0 spiro atoms. The van der Waals surface area contributed by atoms with Crippen molar-refractivity contribution in [1.29, 1.82) is 0 Å². The minimum atomic E-state index is -0.0590. The molecule has 2 aromatic heterocycles. The third-order valence-electron chi connectivity index (χ3n) is 3.37. The van der Waals surface area contributed by atoms with Crippen molar-refractivity contribution in [3.05, 3.63) is 30.7 Å². The summed E-state index contributed by atoms with van der Waals surface area (Å²) < 4.78 is 16.2. The first-order valence-electron chi connectivity index (χ1n) is 6.84. The fraction of sp³-hybridized carbons (Fsp3) is 0.500. The van der Waals surface area contributed by atoms with Crippen molar-refractivity contribution in [2.24, 2.45) is 0 Å². The highest BCUT2D eigenvalue weighted by molar-refractivity contribution is 5.45. The average molecular weight is 275 g/mol.